The van der Waals surface area contributed by atoms with Gasteiger partial charge in [-0.2, -0.15) is 0 Å². The Morgan fingerprint density at radius 1 is 1.32 bits per heavy atom. The van der Waals surface area contributed by atoms with Crippen LogP contribution in [-0.2, 0) is 6.42 Å². The van der Waals surface area contributed by atoms with Crippen molar-refractivity contribution < 1.29 is 0 Å². The maximum absolute atomic E-state index is 3.79. The van der Waals surface area contributed by atoms with Crippen molar-refractivity contribution in [1.82, 2.24) is 5.32 Å². The maximum Gasteiger partial charge on any atom is 0.0995 e. The molecule has 0 radical (unpaired) electrons. The van der Waals surface area contributed by atoms with E-state index in [1.165, 1.54) is 28.8 Å². The van der Waals surface area contributed by atoms with Crippen LogP contribution in [0.4, 0.5) is 5.69 Å². The molecule has 1 aromatic carbocycles. The van der Waals surface area contributed by atoms with Crippen molar-refractivity contribution in [3.63, 3.8) is 0 Å². The molecule has 0 fully saturated rings. The summed E-state index contributed by atoms with van der Waals surface area (Å²) in [5.74, 6) is 0. The zero-order valence-electron chi connectivity index (χ0n) is 14.5. The Hall–Kier alpha value is -1.54. The van der Waals surface area contributed by atoms with Crippen molar-refractivity contribution in [3.05, 3.63) is 47.6 Å². The van der Waals surface area contributed by atoms with E-state index in [1.807, 2.05) is 0 Å². The third kappa shape index (κ3) is 2.98. The second-order valence-corrected chi connectivity index (χ2v) is 7.93. The maximum atomic E-state index is 3.79. The number of nitrogens with zero attached hydrogens (tertiary/aromatic N) is 1. The number of benzene rings is 1. The molecule has 1 heterocycles. The molecule has 1 aromatic rings. The lowest BCUT2D eigenvalue weighted by Gasteiger charge is -2.39. The van der Waals surface area contributed by atoms with Gasteiger partial charge in [0.15, 0.2) is 0 Å². The minimum absolute atomic E-state index is 0.262. The summed E-state index contributed by atoms with van der Waals surface area (Å²) >= 11 is 0. The monoisotopic (exact) mass is 296 g/mol. The van der Waals surface area contributed by atoms with Crippen LogP contribution in [-0.4, -0.2) is 19.3 Å². The molecule has 2 nitrogen and oxygen atoms in total. The highest BCUT2D eigenvalue weighted by Crippen LogP contribution is 2.38. The second kappa shape index (κ2) is 5.58. The number of hydrogen-bond acceptors (Lipinski definition) is 2. The molecule has 0 saturated heterocycles. The van der Waals surface area contributed by atoms with Crippen LogP contribution in [0.15, 0.2) is 36.4 Å². The summed E-state index contributed by atoms with van der Waals surface area (Å²) in [5, 5.41) is 3.79. The highest BCUT2D eigenvalue weighted by atomic mass is 15.3. The highest BCUT2D eigenvalue weighted by molar-refractivity contribution is 5.89. The van der Waals surface area contributed by atoms with Crippen LogP contribution in [0.5, 0.6) is 0 Å². The molecule has 3 rings (SSSR count). The van der Waals surface area contributed by atoms with Crippen molar-refractivity contribution in [1.29, 1.82) is 0 Å². The van der Waals surface area contributed by atoms with Crippen LogP contribution in [0.1, 0.15) is 45.2 Å². The lowest BCUT2D eigenvalue weighted by atomic mass is 9.86. The number of likely N-dealkylation sites (N-methyl/N-ethyl adjacent to an activating group) is 1. The topological polar surface area (TPSA) is 15.3 Å². The van der Waals surface area contributed by atoms with Gasteiger partial charge >= 0.3 is 0 Å². The molecule has 1 unspecified atom stereocenters. The molecule has 0 bridgehead atoms. The Kier molecular flexibility index (Phi) is 3.90. The van der Waals surface area contributed by atoms with Gasteiger partial charge in [0.2, 0.25) is 0 Å². The number of nitrogens with one attached hydrogen (secondary N) is 1. The predicted molar refractivity (Wildman–Crippen MR) is 96.1 cm³/mol. The van der Waals surface area contributed by atoms with Crippen molar-refractivity contribution in [2.24, 2.45) is 5.41 Å². The van der Waals surface area contributed by atoms with Gasteiger partial charge in [0.1, 0.15) is 0 Å². The molecular weight excluding hydrogens is 268 g/mol. The van der Waals surface area contributed by atoms with Crippen LogP contribution in [0.25, 0.3) is 5.57 Å². The van der Waals surface area contributed by atoms with Crippen molar-refractivity contribution in [3.8, 4) is 0 Å². The first-order valence-electron chi connectivity index (χ1n) is 8.35. The fraction of sp³-hybridized carbons (Fsp3) is 0.500. The normalized spacial score (nSPS) is 21.4. The SMILES string of the molecule is C[C@H](CC(C)(C)C)NC1C=C2C=CCc3cccc(c32)N1C. The lowest BCUT2D eigenvalue weighted by molar-refractivity contribution is 0.310. The lowest BCUT2D eigenvalue weighted by Crippen LogP contribution is -2.49. The van der Waals surface area contributed by atoms with Crippen molar-refractivity contribution >= 4 is 11.3 Å². The minimum Gasteiger partial charge on any atom is -0.355 e. The smallest absolute Gasteiger partial charge is 0.0995 e. The van der Waals surface area contributed by atoms with E-state index in [0.717, 1.165) is 6.42 Å². The van der Waals surface area contributed by atoms with E-state index in [2.05, 4.69) is 81.4 Å². The molecule has 2 aliphatic rings. The van der Waals surface area contributed by atoms with E-state index in [9.17, 15) is 0 Å². The summed E-state index contributed by atoms with van der Waals surface area (Å²) in [6, 6.07) is 7.16. The molecular formula is C20H28N2. The molecule has 0 amide bonds. The van der Waals surface area contributed by atoms with Crippen LogP contribution in [0.3, 0.4) is 0 Å². The van der Waals surface area contributed by atoms with Gasteiger partial charge in [-0.1, -0.05) is 45.1 Å². The summed E-state index contributed by atoms with van der Waals surface area (Å²) in [6.07, 6.45) is 9.41. The highest BCUT2D eigenvalue weighted by Gasteiger charge is 2.27. The summed E-state index contributed by atoms with van der Waals surface area (Å²) in [6.45, 7) is 9.21. The molecule has 22 heavy (non-hydrogen) atoms. The Bertz CT molecular complexity index is 619. The van der Waals surface area contributed by atoms with E-state index in [4.69, 9.17) is 0 Å². The van der Waals surface area contributed by atoms with Crippen LogP contribution < -0.4 is 10.2 Å². The van der Waals surface area contributed by atoms with Gasteiger partial charge in [0.05, 0.1) is 6.17 Å². The van der Waals surface area contributed by atoms with Crippen LogP contribution >= 0.6 is 0 Å². The zero-order chi connectivity index (χ0) is 15.9. The van der Waals surface area contributed by atoms with Gasteiger partial charge in [-0.25, -0.2) is 0 Å². The van der Waals surface area contributed by atoms with Crippen molar-refractivity contribution in [2.75, 3.05) is 11.9 Å². The van der Waals surface area contributed by atoms with Gasteiger partial charge in [-0.15, -0.1) is 0 Å². The quantitative estimate of drug-likeness (QED) is 0.891. The fourth-order valence-electron chi connectivity index (χ4n) is 3.78. The summed E-state index contributed by atoms with van der Waals surface area (Å²) in [7, 11) is 2.20. The van der Waals surface area contributed by atoms with E-state index < -0.39 is 0 Å². The number of rotatable bonds is 3. The third-order valence-electron chi connectivity index (χ3n) is 4.56. The molecule has 1 aliphatic carbocycles. The molecule has 2 atom stereocenters. The van der Waals surface area contributed by atoms with Gasteiger partial charge < -0.3 is 4.90 Å². The van der Waals surface area contributed by atoms with E-state index in [0.29, 0.717) is 11.5 Å². The van der Waals surface area contributed by atoms with E-state index in [-0.39, 0.29) is 6.17 Å². The Balaban J connectivity index is 1.86. The van der Waals surface area contributed by atoms with E-state index >= 15 is 0 Å². The Morgan fingerprint density at radius 2 is 2.09 bits per heavy atom. The average molecular weight is 296 g/mol. The van der Waals surface area contributed by atoms with Crippen molar-refractivity contribution in [2.45, 2.75) is 52.7 Å². The average Bonchev–Trinajstić information content (AvgIpc) is 2.42. The summed E-state index contributed by atoms with van der Waals surface area (Å²) in [5.41, 5.74) is 5.94. The van der Waals surface area contributed by atoms with Crippen LogP contribution in [0, 0.1) is 5.41 Å². The standard InChI is InChI=1S/C20H28N2/c1-14(13-20(2,3)4)21-18-12-16-10-6-8-15-9-7-11-17(19(15)16)22(18)5/h6-7,9-12,14,18,21H,8,13H2,1-5H3/t14-,18?/m1/s1. The third-order valence-corrected chi connectivity index (χ3v) is 4.56. The molecule has 0 saturated carbocycles. The molecule has 1 N–H and O–H groups in total. The molecule has 2 heteroatoms. The number of anilines is 1. The zero-order valence-corrected chi connectivity index (χ0v) is 14.5. The summed E-state index contributed by atoms with van der Waals surface area (Å²) < 4.78 is 0. The van der Waals surface area contributed by atoms with Gasteiger partial charge in [0, 0.05) is 24.3 Å². The van der Waals surface area contributed by atoms with E-state index in [1.54, 1.807) is 0 Å². The molecule has 118 valence electrons. The minimum atomic E-state index is 0.262. The summed E-state index contributed by atoms with van der Waals surface area (Å²) in [4.78, 5) is 2.38. The van der Waals surface area contributed by atoms with Crippen LogP contribution in [0.2, 0.25) is 0 Å². The fourth-order valence-corrected chi connectivity index (χ4v) is 3.78. The van der Waals surface area contributed by atoms with Gasteiger partial charge in [-0.05, 0) is 48.5 Å². The Labute approximate surface area is 134 Å². The first-order valence-corrected chi connectivity index (χ1v) is 8.35. The second-order valence-electron chi connectivity index (χ2n) is 7.93. The van der Waals surface area contributed by atoms with Gasteiger partial charge in [0.25, 0.3) is 0 Å². The first-order chi connectivity index (χ1) is 10.3. The molecule has 0 spiro atoms. The largest absolute Gasteiger partial charge is 0.355 e. The van der Waals surface area contributed by atoms with Gasteiger partial charge in [-0.3, -0.25) is 5.32 Å². The molecule has 1 aliphatic heterocycles. The number of hydrogen-bond donors (Lipinski definition) is 1. The number of allylic oxidation sites excluding steroid dienone is 3. The first kappa shape index (κ1) is 15.4. The Morgan fingerprint density at radius 3 is 2.82 bits per heavy atom. The predicted octanol–water partition coefficient (Wildman–Crippen LogP) is 4.37. The molecule has 0 aromatic heterocycles.